The Morgan fingerprint density at radius 3 is 2.81 bits per heavy atom. The van der Waals surface area contributed by atoms with Crippen molar-refractivity contribution >= 4 is 15.9 Å². The molecule has 1 aromatic carbocycles. The first-order valence-electron chi connectivity index (χ1n) is 7.32. The summed E-state index contributed by atoms with van der Waals surface area (Å²) in [5.41, 5.74) is 6.98. The predicted octanol–water partition coefficient (Wildman–Crippen LogP) is 3.59. The second-order valence-electron chi connectivity index (χ2n) is 5.85. The van der Waals surface area contributed by atoms with E-state index in [1.54, 1.807) is 0 Å². The first-order valence-corrected chi connectivity index (χ1v) is 8.12. The Morgan fingerprint density at radius 2 is 2.14 bits per heavy atom. The van der Waals surface area contributed by atoms with Gasteiger partial charge in [-0.2, -0.15) is 4.98 Å². The molecule has 2 N–H and O–H groups in total. The Bertz CT molecular complexity index is 568. The number of nitrogens with zero attached hydrogens (tertiary/aromatic N) is 2. The van der Waals surface area contributed by atoms with Gasteiger partial charge in [0.15, 0.2) is 5.82 Å². The fourth-order valence-corrected chi connectivity index (χ4v) is 2.90. The van der Waals surface area contributed by atoms with Gasteiger partial charge in [0, 0.05) is 17.3 Å². The van der Waals surface area contributed by atoms with Crippen LogP contribution in [0, 0.1) is 11.8 Å². The number of nitrogens with two attached hydrogens (primary N) is 1. The van der Waals surface area contributed by atoms with Crippen molar-refractivity contribution in [2.24, 2.45) is 17.6 Å². The molecule has 114 valence electrons. The Hall–Kier alpha value is -1.20. The molecule has 2 rings (SSSR count). The van der Waals surface area contributed by atoms with Gasteiger partial charge in [0.05, 0.1) is 0 Å². The third-order valence-corrected chi connectivity index (χ3v) is 3.86. The molecule has 0 bridgehead atoms. The first-order chi connectivity index (χ1) is 10.1. The van der Waals surface area contributed by atoms with Gasteiger partial charge in [-0.1, -0.05) is 47.1 Å². The van der Waals surface area contributed by atoms with Crippen LogP contribution in [-0.4, -0.2) is 16.7 Å². The lowest BCUT2D eigenvalue weighted by atomic mass is 9.94. The van der Waals surface area contributed by atoms with Crippen molar-refractivity contribution in [2.45, 2.75) is 33.1 Å². The lowest BCUT2D eigenvalue weighted by Crippen LogP contribution is -2.19. The van der Waals surface area contributed by atoms with Crippen molar-refractivity contribution in [1.82, 2.24) is 10.1 Å². The van der Waals surface area contributed by atoms with Crippen LogP contribution in [0.5, 0.6) is 0 Å². The average Bonchev–Trinajstić information content (AvgIpc) is 2.84. The lowest BCUT2D eigenvalue weighted by Gasteiger charge is -2.14. The van der Waals surface area contributed by atoms with Crippen molar-refractivity contribution in [3.63, 3.8) is 0 Å². The SMILES string of the molecule is CC(C)CC(CN)Cc1nc(Cc2cccc(Br)c2)no1. The highest BCUT2D eigenvalue weighted by atomic mass is 79.9. The van der Waals surface area contributed by atoms with Crippen molar-refractivity contribution in [2.75, 3.05) is 6.54 Å². The van der Waals surface area contributed by atoms with Gasteiger partial charge >= 0.3 is 0 Å². The maximum Gasteiger partial charge on any atom is 0.226 e. The minimum atomic E-state index is 0.407. The Balaban J connectivity index is 1.97. The van der Waals surface area contributed by atoms with Gasteiger partial charge in [0.1, 0.15) is 0 Å². The molecule has 0 saturated carbocycles. The standard InChI is InChI=1S/C16H22BrN3O/c1-11(2)6-13(10-18)9-16-19-15(20-21-16)8-12-4-3-5-14(17)7-12/h3-5,7,11,13H,6,8-10,18H2,1-2H3. The van der Waals surface area contributed by atoms with Crippen LogP contribution in [0.4, 0.5) is 0 Å². The van der Waals surface area contributed by atoms with E-state index in [0.717, 1.165) is 28.7 Å². The highest BCUT2D eigenvalue weighted by Gasteiger charge is 2.15. The molecule has 0 saturated heterocycles. The zero-order valence-corrected chi connectivity index (χ0v) is 14.1. The van der Waals surface area contributed by atoms with Crippen molar-refractivity contribution in [3.8, 4) is 0 Å². The highest BCUT2D eigenvalue weighted by molar-refractivity contribution is 9.10. The highest BCUT2D eigenvalue weighted by Crippen LogP contribution is 2.17. The normalized spacial score (nSPS) is 12.8. The van der Waals surface area contributed by atoms with Crippen LogP contribution in [0.15, 0.2) is 33.3 Å². The predicted molar refractivity (Wildman–Crippen MR) is 86.9 cm³/mol. The Labute approximate surface area is 134 Å². The molecule has 1 aromatic heterocycles. The summed E-state index contributed by atoms with van der Waals surface area (Å²) in [5, 5.41) is 4.07. The first kappa shape index (κ1) is 16.2. The summed E-state index contributed by atoms with van der Waals surface area (Å²) < 4.78 is 6.41. The second-order valence-corrected chi connectivity index (χ2v) is 6.76. The van der Waals surface area contributed by atoms with Crippen LogP contribution >= 0.6 is 15.9 Å². The largest absolute Gasteiger partial charge is 0.339 e. The van der Waals surface area contributed by atoms with Gasteiger partial charge in [-0.3, -0.25) is 0 Å². The van der Waals surface area contributed by atoms with E-state index < -0.39 is 0 Å². The molecular formula is C16H22BrN3O. The summed E-state index contributed by atoms with van der Waals surface area (Å²) in [7, 11) is 0. The summed E-state index contributed by atoms with van der Waals surface area (Å²) in [6.45, 7) is 5.06. The number of rotatable bonds is 7. The van der Waals surface area contributed by atoms with E-state index in [2.05, 4.69) is 52.1 Å². The fraction of sp³-hybridized carbons (Fsp3) is 0.500. The van der Waals surface area contributed by atoms with E-state index >= 15 is 0 Å². The average molecular weight is 352 g/mol. The molecule has 0 aliphatic carbocycles. The molecule has 21 heavy (non-hydrogen) atoms. The van der Waals surface area contributed by atoms with Crippen LogP contribution in [0.1, 0.15) is 37.5 Å². The smallest absolute Gasteiger partial charge is 0.226 e. The van der Waals surface area contributed by atoms with E-state index in [1.807, 2.05) is 12.1 Å². The third-order valence-electron chi connectivity index (χ3n) is 3.36. The third kappa shape index (κ3) is 5.25. The van der Waals surface area contributed by atoms with Crippen molar-refractivity contribution in [1.29, 1.82) is 0 Å². The zero-order valence-electron chi connectivity index (χ0n) is 12.6. The number of halogens is 1. The molecule has 1 heterocycles. The van der Waals surface area contributed by atoms with Crippen LogP contribution in [0.2, 0.25) is 0 Å². The van der Waals surface area contributed by atoms with Crippen LogP contribution in [-0.2, 0) is 12.8 Å². The van der Waals surface area contributed by atoms with Crippen molar-refractivity contribution in [3.05, 3.63) is 46.0 Å². The number of hydrogen-bond acceptors (Lipinski definition) is 4. The van der Waals surface area contributed by atoms with E-state index in [9.17, 15) is 0 Å². The minimum absolute atomic E-state index is 0.407. The van der Waals surface area contributed by atoms with E-state index in [0.29, 0.717) is 30.7 Å². The minimum Gasteiger partial charge on any atom is -0.339 e. The van der Waals surface area contributed by atoms with E-state index in [-0.39, 0.29) is 0 Å². The van der Waals surface area contributed by atoms with Gasteiger partial charge in [0.25, 0.3) is 0 Å². The summed E-state index contributed by atoms with van der Waals surface area (Å²) in [5.74, 6) is 2.45. The molecule has 0 fully saturated rings. The topological polar surface area (TPSA) is 64.9 Å². The number of benzene rings is 1. The number of hydrogen-bond donors (Lipinski definition) is 1. The Kier molecular flexibility index (Phi) is 5.94. The van der Waals surface area contributed by atoms with Gasteiger partial charge in [0.2, 0.25) is 5.89 Å². The summed E-state index contributed by atoms with van der Waals surface area (Å²) in [6, 6.07) is 8.14. The zero-order chi connectivity index (χ0) is 15.2. The van der Waals surface area contributed by atoms with Gasteiger partial charge in [-0.05, 0) is 42.5 Å². The molecule has 0 radical (unpaired) electrons. The summed E-state index contributed by atoms with van der Waals surface area (Å²) in [4.78, 5) is 4.48. The summed E-state index contributed by atoms with van der Waals surface area (Å²) in [6.07, 6.45) is 2.53. The molecule has 0 aliphatic heterocycles. The number of aromatic nitrogens is 2. The molecule has 4 nitrogen and oxygen atoms in total. The quantitative estimate of drug-likeness (QED) is 0.827. The molecule has 5 heteroatoms. The lowest BCUT2D eigenvalue weighted by molar-refractivity contribution is 0.329. The van der Waals surface area contributed by atoms with Gasteiger partial charge < -0.3 is 10.3 Å². The maximum absolute atomic E-state index is 5.82. The van der Waals surface area contributed by atoms with E-state index in [4.69, 9.17) is 10.3 Å². The summed E-state index contributed by atoms with van der Waals surface area (Å²) >= 11 is 3.47. The Morgan fingerprint density at radius 1 is 1.33 bits per heavy atom. The second kappa shape index (κ2) is 7.71. The van der Waals surface area contributed by atoms with Crippen molar-refractivity contribution < 1.29 is 4.52 Å². The fourth-order valence-electron chi connectivity index (χ4n) is 2.45. The molecule has 0 aliphatic rings. The molecule has 0 amide bonds. The molecule has 0 spiro atoms. The molecule has 1 unspecified atom stereocenters. The molecule has 2 aromatic rings. The molecule has 1 atom stereocenters. The maximum atomic E-state index is 5.82. The van der Waals surface area contributed by atoms with Gasteiger partial charge in [-0.15, -0.1) is 0 Å². The van der Waals surface area contributed by atoms with Crippen LogP contribution in [0.25, 0.3) is 0 Å². The molecular weight excluding hydrogens is 330 g/mol. The van der Waals surface area contributed by atoms with Crippen LogP contribution in [0.3, 0.4) is 0 Å². The van der Waals surface area contributed by atoms with Gasteiger partial charge in [-0.25, -0.2) is 0 Å². The van der Waals surface area contributed by atoms with Crippen LogP contribution < -0.4 is 5.73 Å². The monoisotopic (exact) mass is 351 g/mol. The van der Waals surface area contributed by atoms with E-state index in [1.165, 1.54) is 0 Å².